The fourth-order valence-corrected chi connectivity index (χ4v) is 6.96. The van der Waals surface area contributed by atoms with Crippen LogP contribution in [0.15, 0.2) is 42.5 Å². The van der Waals surface area contributed by atoms with Crippen LogP contribution >= 0.6 is 0 Å². The van der Waals surface area contributed by atoms with Crippen molar-refractivity contribution in [2.24, 2.45) is 29.6 Å². The van der Waals surface area contributed by atoms with Crippen LogP contribution in [-0.4, -0.2) is 13.2 Å². The van der Waals surface area contributed by atoms with Crippen LogP contribution in [0.3, 0.4) is 0 Å². The van der Waals surface area contributed by atoms with Crippen LogP contribution in [0.25, 0.3) is 10.8 Å². The van der Waals surface area contributed by atoms with Gasteiger partial charge in [-0.3, -0.25) is 0 Å². The standard InChI is InChI=1S/C23H26O3/c1-24-23(20-8-4-6-16-5-2-3-7-19(16)20)22(25-26-23)21-17-10-14-9-15(12-17)13-18(21)11-14/h2-8,14-15,17-18,21-22H,9-13H2,1H3. The van der Waals surface area contributed by atoms with Gasteiger partial charge in [-0.25, -0.2) is 4.89 Å². The van der Waals surface area contributed by atoms with Crippen LogP contribution in [0, 0.1) is 29.6 Å². The molecule has 1 heterocycles. The van der Waals surface area contributed by atoms with Gasteiger partial charge >= 0.3 is 0 Å². The van der Waals surface area contributed by atoms with Crippen molar-refractivity contribution in [1.29, 1.82) is 0 Å². The van der Waals surface area contributed by atoms with E-state index in [2.05, 4.69) is 42.5 Å². The van der Waals surface area contributed by atoms with Gasteiger partial charge in [-0.05, 0) is 72.5 Å². The third-order valence-corrected chi connectivity index (χ3v) is 7.77. The van der Waals surface area contributed by atoms with Crippen molar-refractivity contribution in [2.45, 2.75) is 44.0 Å². The molecule has 5 aliphatic rings. The van der Waals surface area contributed by atoms with Gasteiger partial charge in [0.15, 0.2) is 6.10 Å². The summed E-state index contributed by atoms with van der Waals surface area (Å²) in [5, 5.41) is 2.43. The lowest BCUT2D eigenvalue weighted by Gasteiger charge is -2.60. The molecule has 1 saturated heterocycles. The lowest BCUT2D eigenvalue weighted by atomic mass is 9.50. The summed E-state index contributed by atoms with van der Waals surface area (Å²) in [6.07, 6.45) is 7.01. The molecule has 26 heavy (non-hydrogen) atoms. The first kappa shape index (κ1) is 15.6. The highest BCUT2D eigenvalue weighted by Gasteiger charge is 2.63. The summed E-state index contributed by atoms with van der Waals surface area (Å²) in [7, 11) is 1.77. The van der Waals surface area contributed by atoms with Gasteiger partial charge in [0.2, 0.25) is 0 Å². The first-order chi connectivity index (χ1) is 12.8. The average Bonchev–Trinajstić information content (AvgIpc) is 2.64. The molecule has 0 aromatic heterocycles. The van der Waals surface area contributed by atoms with E-state index in [1.54, 1.807) is 7.11 Å². The Morgan fingerprint density at radius 3 is 2.23 bits per heavy atom. The molecule has 2 aromatic rings. The Labute approximate surface area is 154 Å². The SMILES string of the molecule is COC1(c2cccc3ccccc23)OOC1C1C2CC3CC(C2)CC1C3. The fourth-order valence-electron chi connectivity index (χ4n) is 6.96. The maximum Gasteiger partial charge on any atom is 0.258 e. The molecule has 4 saturated carbocycles. The molecule has 3 heteroatoms. The number of benzene rings is 2. The van der Waals surface area contributed by atoms with Crippen LogP contribution in [0.1, 0.15) is 37.7 Å². The molecule has 3 nitrogen and oxygen atoms in total. The molecule has 2 unspecified atom stereocenters. The Hall–Kier alpha value is -1.42. The maximum atomic E-state index is 6.09. The molecular weight excluding hydrogens is 324 g/mol. The first-order valence-electron chi connectivity index (χ1n) is 10.2. The van der Waals surface area contributed by atoms with Crippen LogP contribution in [0.4, 0.5) is 0 Å². The van der Waals surface area contributed by atoms with Crippen LogP contribution in [0.5, 0.6) is 0 Å². The van der Waals surface area contributed by atoms with Crippen molar-refractivity contribution in [3.63, 3.8) is 0 Å². The second-order valence-corrected chi connectivity index (χ2v) is 9.01. The van der Waals surface area contributed by atoms with Crippen molar-refractivity contribution in [1.82, 2.24) is 0 Å². The second-order valence-electron chi connectivity index (χ2n) is 9.01. The van der Waals surface area contributed by atoms with Gasteiger partial charge in [-0.1, -0.05) is 42.5 Å². The summed E-state index contributed by atoms with van der Waals surface area (Å²) in [5.41, 5.74) is 1.11. The molecule has 136 valence electrons. The smallest absolute Gasteiger partial charge is 0.258 e. The van der Waals surface area contributed by atoms with Crippen LogP contribution < -0.4 is 0 Å². The van der Waals surface area contributed by atoms with Crippen LogP contribution in [0.2, 0.25) is 0 Å². The molecule has 0 amide bonds. The summed E-state index contributed by atoms with van der Waals surface area (Å²) in [5.74, 6) is 3.29. The largest absolute Gasteiger partial charge is 0.345 e. The van der Waals surface area contributed by atoms with Gasteiger partial charge in [0.25, 0.3) is 5.79 Å². The topological polar surface area (TPSA) is 27.7 Å². The predicted molar refractivity (Wildman–Crippen MR) is 99.1 cm³/mol. The summed E-state index contributed by atoms with van der Waals surface area (Å²) >= 11 is 0. The van der Waals surface area contributed by atoms with Crippen molar-refractivity contribution < 1.29 is 14.5 Å². The van der Waals surface area contributed by atoms with Crippen molar-refractivity contribution in [3.05, 3.63) is 48.0 Å². The Morgan fingerprint density at radius 2 is 1.58 bits per heavy atom. The van der Waals surface area contributed by atoms with Gasteiger partial charge in [0.05, 0.1) is 0 Å². The Bertz CT molecular complexity index is 809. The monoisotopic (exact) mass is 350 g/mol. The van der Waals surface area contributed by atoms with E-state index in [1.165, 1.54) is 42.9 Å². The van der Waals surface area contributed by atoms with Gasteiger partial charge in [0.1, 0.15) is 0 Å². The number of ether oxygens (including phenoxy) is 1. The Morgan fingerprint density at radius 1 is 0.885 bits per heavy atom. The van der Waals surface area contributed by atoms with Crippen LogP contribution in [-0.2, 0) is 20.3 Å². The van der Waals surface area contributed by atoms with Gasteiger partial charge in [-0.15, -0.1) is 0 Å². The van der Waals surface area contributed by atoms with E-state index in [9.17, 15) is 0 Å². The molecule has 4 bridgehead atoms. The third-order valence-electron chi connectivity index (χ3n) is 7.77. The predicted octanol–water partition coefficient (Wildman–Crippen LogP) is 5.04. The average molecular weight is 350 g/mol. The number of fused-ring (bicyclic) bond motifs is 1. The molecule has 7 rings (SSSR count). The minimum absolute atomic E-state index is 0.00769. The van der Waals surface area contributed by atoms with E-state index in [0.717, 1.165) is 29.2 Å². The normalized spacial score (nSPS) is 43.6. The first-order valence-corrected chi connectivity index (χ1v) is 10.2. The van der Waals surface area contributed by atoms with Crippen molar-refractivity contribution >= 4 is 10.8 Å². The number of hydrogen-bond acceptors (Lipinski definition) is 3. The lowest BCUT2D eigenvalue weighted by Crippen LogP contribution is -2.63. The summed E-state index contributed by atoms with van der Waals surface area (Å²) < 4.78 is 6.09. The molecule has 2 aromatic carbocycles. The van der Waals surface area contributed by atoms with E-state index in [1.807, 2.05) is 0 Å². The minimum atomic E-state index is -0.763. The quantitative estimate of drug-likeness (QED) is 0.726. The Balaban J connectivity index is 1.42. The number of methoxy groups -OCH3 is 1. The van der Waals surface area contributed by atoms with Crippen molar-refractivity contribution in [3.8, 4) is 0 Å². The maximum absolute atomic E-state index is 6.09. The lowest BCUT2D eigenvalue weighted by molar-refractivity contribution is -0.591. The molecule has 0 radical (unpaired) electrons. The summed E-state index contributed by atoms with van der Waals surface area (Å²) in [4.78, 5) is 11.7. The zero-order valence-electron chi connectivity index (χ0n) is 15.3. The van der Waals surface area contributed by atoms with E-state index in [4.69, 9.17) is 14.5 Å². The number of rotatable bonds is 3. The second kappa shape index (κ2) is 5.54. The van der Waals surface area contributed by atoms with E-state index >= 15 is 0 Å². The fraction of sp³-hybridized carbons (Fsp3) is 0.565. The highest BCUT2D eigenvalue weighted by Crippen LogP contribution is 2.61. The zero-order valence-corrected chi connectivity index (χ0v) is 15.3. The minimum Gasteiger partial charge on any atom is -0.345 e. The van der Waals surface area contributed by atoms with E-state index in [-0.39, 0.29) is 6.10 Å². The zero-order chi connectivity index (χ0) is 17.3. The molecular formula is C23H26O3. The summed E-state index contributed by atoms with van der Waals surface area (Å²) in [6.45, 7) is 0. The van der Waals surface area contributed by atoms with E-state index in [0.29, 0.717) is 5.92 Å². The summed E-state index contributed by atoms with van der Waals surface area (Å²) in [6, 6.07) is 14.9. The third kappa shape index (κ3) is 2.00. The molecule has 2 atom stereocenters. The molecule has 0 N–H and O–H groups in total. The molecule has 4 aliphatic carbocycles. The van der Waals surface area contributed by atoms with E-state index < -0.39 is 5.79 Å². The van der Waals surface area contributed by atoms with Gasteiger partial charge < -0.3 is 4.74 Å². The Kier molecular flexibility index (Phi) is 3.33. The molecule has 5 fully saturated rings. The van der Waals surface area contributed by atoms with Gasteiger partial charge in [-0.2, -0.15) is 4.89 Å². The number of hydrogen-bond donors (Lipinski definition) is 0. The van der Waals surface area contributed by atoms with Gasteiger partial charge in [0, 0.05) is 12.7 Å². The molecule has 0 spiro atoms. The highest BCUT2D eigenvalue weighted by molar-refractivity contribution is 5.86. The highest BCUT2D eigenvalue weighted by atomic mass is 17.3. The van der Waals surface area contributed by atoms with Crippen molar-refractivity contribution in [2.75, 3.05) is 7.11 Å². The molecule has 1 aliphatic heterocycles.